The number of likely N-dealkylation sites (tertiary alicyclic amines) is 1. The molecule has 6 aromatic carbocycles. The van der Waals surface area contributed by atoms with Crippen molar-refractivity contribution in [1.82, 2.24) is 30.2 Å². The van der Waals surface area contributed by atoms with Gasteiger partial charge < -0.3 is 25.2 Å². The number of fused-ring (bicyclic) bond motifs is 4. The Balaban J connectivity index is 0.000000235. The van der Waals surface area contributed by atoms with E-state index in [1.807, 2.05) is 92.4 Å². The lowest BCUT2D eigenvalue weighted by Gasteiger charge is -2.35. The minimum Gasteiger partial charge on any atom is -0.448 e. The van der Waals surface area contributed by atoms with Gasteiger partial charge in [-0.15, -0.1) is 0 Å². The third-order valence-corrected chi connectivity index (χ3v) is 19.8. The smallest absolute Gasteiger partial charge is 0.410 e. The molecule has 3 aliphatic heterocycles. The van der Waals surface area contributed by atoms with Crippen LogP contribution >= 0.6 is 46.4 Å². The highest BCUT2D eigenvalue weighted by Crippen LogP contribution is 2.45. The molecule has 17 heteroatoms. The van der Waals surface area contributed by atoms with Crippen molar-refractivity contribution in [3.05, 3.63) is 199 Å². The normalized spacial score (nSPS) is 19.3. The molecule has 3 heterocycles. The van der Waals surface area contributed by atoms with Gasteiger partial charge in [0.1, 0.15) is 30.5 Å². The van der Waals surface area contributed by atoms with Crippen molar-refractivity contribution in [3.8, 4) is 11.1 Å². The number of aryl methyl sites for hydroxylation is 2. The minimum atomic E-state index is -0.877. The lowest BCUT2D eigenvalue weighted by atomic mass is 9.98. The fourth-order valence-corrected chi connectivity index (χ4v) is 14.3. The molecule has 10 rings (SSSR count). The van der Waals surface area contributed by atoms with E-state index in [9.17, 15) is 28.8 Å². The molecule has 0 saturated carbocycles. The molecule has 4 aliphatic rings. The van der Waals surface area contributed by atoms with Gasteiger partial charge in [0.2, 0.25) is 23.6 Å². The van der Waals surface area contributed by atoms with E-state index < -0.39 is 24.2 Å². The highest BCUT2D eigenvalue weighted by atomic mass is 35.5. The number of nitrogens with zero attached hydrogens (tertiary/aromatic N) is 4. The lowest BCUT2D eigenvalue weighted by Crippen LogP contribution is -2.56. The zero-order valence-corrected chi connectivity index (χ0v) is 56.8. The number of carbonyl (C=O) groups excluding carboxylic acids is 6. The van der Waals surface area contributed by atoms with Crippen LogP contribution in [0.3, 0.4) is 0 Å². The van der Waals surface area contributed by atoms with Crippen LogP contribution in [0.2, 0.25) is 20.1 Å². The van der Waals surface area contributed by atoms with Gasteiger partial charge in [-0.2, -0.15) is 0 Å². The molecule has 13 nitrogen and oxygen atoms in total. The van der Waals surface area contributed by atoms with Crippen LogP contribution in [0.25, 0.3) is 11.1 Å². The standard InChI is InChI=1S/C45H49Cl2N3O5.C30H39Cl2N3O2/c1-29(2)23-41(43(52)48-26-32-18-20-39(46)40(47)25-32)49(22-21-33(51)19-17-31-11-5-4-6-12-31)44(53)42-24-30(3)27-50(42)45(54)55-28-38-36-15-9-7-13-34(36)35-14-8-10-16-37(35)38;1-20(2)15-27(29(36)33-18-23-10-12-25(31)26(32)17-23)34-14-13-24(11-9-22-7-5-4-6-8-22)35-19-21(3)16-28(35)30(34)37/h4-16,18,20,25,29-30,38,41-42H,17,19,21-24,26-28H2,1-3H3,(H,48,52);4-8,10,12,17,20-21,24,27-28H,9,11,13-16,18-19H2,1-3H3,(H,33,36)/t30-,41-,42+;21-,24?,27-,28+/m11/s1. The lowest BCUT2D eigenvalue weighted by molar-refractivity contribution is -0.145. The summed E-state index contributed by atoms with van der Waals surface area (Å²) in [5.74, 6) is 0.00156. The Kier molecular flexibility index (Phi) is 24.9. The molecule has 1 unspecified atom stereocenters. The van der Waals surface area contributed by atoms with Crippen molar-refractivity contribution in [2.45, 2.75) is 155 Å². The Labute approximate surface area is 563 Å². The van der Waals surface area contributed by atoms with E-state index in [0.717, 1.165) is 71.2 Å². The van der Waals surface area contributed by atoms with Gasteiger partial charge in [0.05, 0.1) is 26.1 Å². The van der Waals surface area contributed by atoms with Crippen molar-refractivity contribution in [3.63, 3.8) is 0 Å². The molecule has 5 amide bonds. The molecule has 0 bridgehead atoms. The number of hydrogen-bond acceptors (Lipinski definition) is 8. The van der Waals surface area contributed by atoms with E-state index in [0.29, 0.717) is 83.8 Å². The Hall–Kier alpha value is -6.74. The van der Waals surface area contributed by atoms with Crippen LogP contribution in [0.15, 0.2) is 146 Å². The van der Waals surface area contributed by atoms with E-state index >= 15 is 0 Å². The number of carbonyl (C=O) groups is 6. The maximum Gasteiger partial charge on any atom is 0.410 e. The van der Waals surface area contributed by atoms with E-state index in [-0.39, 0.29) is 85.2 Å². The van der Waals surface area contributed by atoms with Gasteiger partial charge in [0, 0.05) is 64.1 Å². The highest BCUT2D eigenvalue weighted by Gasteiger charge is 2.47. The zero-order valence-electron chi connectivity index (χ0n) is 53.8. The first kappa shape index (κ1) is 69.6. The number of rotatable bonds is 24. The van der Waals surface area contributed by atoms with Gasteiger partial charge >= 0.3 is 6.09 Å². The first-order chi connectivity index (χ1) is 44.2. The largest absolute Gasteiger partial charge is 0.448 e. The average Bonchev–Trinajstić information content (AvgIpc) is 1.64. The Morgan fingerprint density at radius 2 is 1.15 bits per heavy atom. The quantitative estimate of drug-likeness (QED) is 0.0608. The fourth-order valence-electron chi connectivity index (χ4n) is 13.7. The van der Waals surface area contributed by atoms with E-state index in [1.165, 1.54) is 15.4 Å². The summed E-state index contributed by atoms with van der Waals surface area (Å²) in [6, 6.07) is 45.2. The molecule has 1 aliphatic carbocycles. The molecule has 6 aromatic rings. The van der Waals surface area contributed by atoms with Crippen LogP contribution in [0, 0.1) is 23.7 Å². The molecular formula is C75H88Cl4N6O7. The van der Waals surface area contributed by atoms with Gasteiger partial charge in [-0.3, -0.25) is 33.8 Å². The minimum absolute atomic E-state index is 0.00523. The van der Waals surface area contributed by atoms with Gasteiger partial charge in [-0.05, 0) is 144 Å². The molecule has 0 radical (unpaired) electrons. The van der Waals surface area contributed by atoms with Crippen LogP contribution < -0.4 is 10.6 Å². The summed E-state index contributed by atoms with van der Waals surface area (Å²) in [5, 5.41) is 7.81. The number of ether oxygens (including phenoxy) is 1. The van der Waals surface area contributed by atoms with Crippen molar-refractivity contribution in [1.29, 1.82) is 0 Å². The van der Waals surface area contributed by atoms with Crippen LogP contribution in [-0.4, -0.2) is 118 Å². The molecule has 488 valence electrons. The Morgan fingerprint density at radius 3 is 1.73 bits per heavy atom. The second kappa shape index (κ2) is 32.9. The number of Topliss-reactive ketones (excluding diaryl/α,β-unsaturated/α-hetero) is 1. The van der Waals surface area contributed by atoms with Crippen molar-refractivity contribution >= 4 is 81.9 Å². The SMILES string of the molecule is CC(C)C[C@H](C(=O)NCc1ccc(Cl)c(Cl)c1)N(CCC(=O)CCc1ccccc1)C(=O)[C@@H]1C[C@@H](C)CN1C(=O)OCC1c2ccccc2-c2ccccc21.CC(C)C[C@H](C(=O)NCc1ccc(Cl)c(Cl)c1)N1CCC(CCc2ccccc2)N2C[C@H](C)C[C@H]2C1=O. The maximum atomic E-state index is 14.8. The first-order valence-electron chi connectivity index (χ1n) is 32.7. The molecule has 7 atom stereocenters. The predicted molar refractivity (Wildman–Crippen MR) is 368 cm³/mol. The molecular weight excluding hydrogens is 1240 g/mol. The summed E-state index contributed by atoms with van der Waals surface area (Å²) < 4.78 is 6.05. The molecule has 2 N–H and O–H groups in total. The highest BCUT2D eigenvalue weighted by molar-refractivity contribution is 6.42. The first-order valence-corrected chi connectivity index (χ1v) is 34.2. The second-order valence-corrected chi connectivity index (χ2v) is 28.0. The van der Waals surface area contributed by atoms with Gasteiger partial charge in [-0.25, -0.2) is 4.79 Å². The van der Waals surface area contributed by atoms with Crippen LogP contribution in [0.1, 0.15) is 132 Å². The topological polar surface area (TPSA) is 149 Å². The maximum absolute atomic E-state index is 14.8. The van der Waals surface area contributed by atoms with Gasteiger partial charge in [0.15, 0.2) is 0 Å². The average molecular weight is 1330 g/mol. The summed E-state index contributed by atoms with van der Waals surface area (Å²) in [6.07, 6.45) is 5.60. The molecule has 0 spiro atoms. The Morgan fingerprint density at radius 1 is 0.609 bits per heavy atom. The summed E-state index contributed by atoms with van der Waals surface area (Å²) in [7, 11) is 0. The van der Waals surface area contributed by atoms with E-state index in [1.54, 1.807) is 30.3 Å². The summed E-state index contributed by atoms with van der Waals surface area (Å²) in [6.45, 7) is 15.0. The number of ketones is 1. The predicted octanol–water partition coefficient (Wildman–Crippen LogP) is 15.1. The molecule has 92 heavy (non-hydrogen) atoms. The number of halogens is 4. The van der Waals surface area contributed by atoms with Crippen LogP contribution in [-0.2, 0) is 54.6 Å². The summed E-state index contributed by atoms with van der Waals surface area (Å²) >= 11 is 24.6. The third-order valence-electron chi connectivity index (χ3n) is 18.4. The van der Waals surface area contributed by atoms with Crippen molar-refractivity contribution in [2.24, 2.45) is 23.7 Å². The van der Waals surface area contributed by atoms with Crippen LogP contribution in [0.5, 0.6) is 0 Å². The Bertz CT molecular complexity index is 3470. The van der Waals surface area contributed by atoms with Crippen molar-refractivity contribution in [2.75, 3.05) is 32.8 Å². The van der Waals surface area contributed by atoms with Crippen molar-refractivity contribution < 1.29 is 33.5 Å². The van der Waals surface area contributed by atoms with Gasteiger partial charge in [0.25, 0.3) is 0 Å². The second-order valence-electron chi connectivity index (χ2n) is 26.4. The number of amides is 5. The van der Waals surface area contributed by atoms with Crippen LogP contribution in [0.4, 0.5) is 4.79 Å². The fraction of sp³-hybridized carbons (Fsp3) is 0.440. The van der Waals surface area contributed by atoms with E-state index in [2.05, 4.69) is 84.8 Å². The zero-order chi connectivity index (χ0) is 65.6. The summed E-state index contributed by atoms with van der Waals surface area (Å²) in [4.78, 5) is 91.1. The number of nitrogens with one attached hydrogen (secondary N) is 2. The van der Waals surface area contributed by atoms with E-state index in [4.69, 9.17) is 51.1 Å². The third kappa shape index (κ3) is 18.1. The molecule has 3 fully saturated rings. The number of benzene rings is 6. The monoisotopic (exact) mass is 1320 g/mol. The summed E-state index contributed by atoms with van der Waals surface area (Å²) in [5.41, 5.74) is 8.49. The van der Waals surface area contributed by atoms with Gasteiger partial charge in [-0.1, -0.05) is 209 Å². The molecule has 3 saturated heterocycles. The number of hydrogen-bond donors (Lipinski definition) is 2. The molecule has 0 aromatic heterocycles.